The van der Waals surface area contributed by atoms with E-state index in [0.29, 0.717) is 0 Å². The van der Waals surface area contributed by atoms with Gasteiger partial charge in [-0.05, 0) is 34.5 Å². The van der Waals surface area contributed by atoms with Crippen LogP contribution in [0.1, 0.15) is 18.4 Å². The van der Waals surface area contributed by atoms with E-state index in [1.165, 1.54) is 5.56 Å². The third-order valence-electron chi connectivity index (χ3n) is 3.66. The minimum Gasteiger partial charge on any atom is -0.356 e. The first-order valence-corrected chi connectivity index (χ1v) is 7.13. The minimum atomic E-state index is -0.306. The Morgan fingerprint density at radius 3 is 2.56 bits per heavy atom. The molecule has 4 nitrogen and oxygen atoms in total. The molecule has 0 aliphatic carbocycles. The van der Waals surface area contributed by atoms with E-state index in [4.69, 9.17) is 9.47 Å². The first kappa shape index (κ1) is 12.4. The number of piperidine rings is 1. The van der Waals surface area contributed by atoms with Crippen molar-refractivity contribution in [3.63, 3.8) is 0 Å². The zero-order chi connectivity index (χ0) is 12.6. The average Bonchev–Trinajstić information content (AvgIpc) is 2.80. The summed E-state index contributed by atoms with van der Waals surface area (Å²) in [5, 5.41) is 0. The monoisotopic (exact) mass is 312 g/mol. The van der Waals surface area contributed by atoms with E-state index in [2.05, 4.69) is 38.8 Å². The fourth-order valence-electron chi connectivity index (χ4n) is 2.71. The third kappa shape index (κ3) is 2.27. The van der Waals surface area contributed by atoms with Gasteiger partial charge in [0.2, 0.25) is 0 Å². The van der Waals surface area contributed by atoms with Gasteiger partial charge in [0, 0.05) is 36.6 Å². The van der Waals surface area contributed by atoms with Gasteiger partial charge in [-0.15, -0.1) is 0 Å². The van der Waals surface area contributed by atoms with Crippen LogP contribution in [0.2, 0.25) is 0 Å². The molecule has 0 saturated carbocycles. The smallest absolute Gasteiger partial charge is 0.171 e. The molecule has 2 fully saturated rings. The Hall–Kier alpha value is -0.650. The highest BCUT2D eigenvalue weighted by Crippen LogP contribution is 2.33. The molecular formula is C13H17BrN2O2. The molecule has 2 aliphatic rings. The summed E-state index contributed by atoms with van der Waals surface area (Å²) in [6.07, 6.45) is 3.70. The van der Waals surface area contributed by atoms with Crippen LogP contribution < -0.4 is 4.90 Å². The summed E-state index contributed by atoms with van der Waals surface area (Å²) in [6, 6.07) is 2.11. The summed E-state index contributed by atoms with van der Waals surface area (Å²) >= 11 is 3.45. The summed E-state index contributed by atoms with van der Waals surface area (Å²) in [6.45, 7) is 5.44. The molecule has 1 aromatic rings. The molecule has 0 N–H and O–H groups in total. The van der Waals surface area contributed by atoms with Crippen LogP contribution in [0.5, 0.6) is 0 Å². The second-order valence-corrected chi connectivity index (χ2v) is 5.80. The van der Waals surface area contributed by atoms with Crippen molar-refractivity contribution < 1.29 is 9.47 Å². The van der Waals surface area contributed by atoms with Crippen LogP contribution in [0.4, 0.5) is 5.82 Å². The van der Waals surface area contributed by atoms with Crippen molar-refractivity contribution in [1.29, 1.82) is 0 Å². The predicted octanol–water partition coefficient (Wildman–Crippen LogP) is 2.50. The fourth-order valence-corrected chi connectivity index (χ4v) is 3.15. The molecule has 0 aromatic carbocycles. The highest BCUT2D eigenvalue weighted by Gasteiger charge is 2.40. The minimum absolute atomic E-state index is 0.306. The summed E-state index contributed by atoms with van der Waals surface area (Å²) < 4.78 is 12.5. The average molecular weight is 313 g/mol. The van der Waals surface area contributed by atoms with Gasteiger partial charge in [0.1, 0.15) is 5.82 Å². The van der Waals surface area contributed by atoms with Gasteiger partial charge in [0.15, 0.2) is 5.79 Å². The molecule has 3 heterocycles. The summed E-state index contributed by atoms with van der Waals surface area (Å²) in [5.41, 5.74) is 1.20. The van der Waals surface area contributed by atoms with Gasteiger partial charge in [-0.2, -0.15) is 0 Å². The molecule has 98 valence electrons. The normalized spacial score (nSPS) is 22.7. The third-order valence-corrected chi connectivity index (χ3v) is 4.09. The SMILES string of the molecule is Cc1cc(Br)cnc1N1CCC2(CC1)OCCO2. The molecule has 2 aliphatic heterocycles. The molecule has 2 saturated heterocycles. The van der Waals surface area contributed by atoms with Crippen LogP contribution in [-0.2, 0) is 9.47 Å². The Morgan fingerprint density at radius 2 is 1.94 bits per heavy atom. The van der Waals surface area contributed by atoms with E-state index in [0.717, 1.165) is 49.4 Å². The first-order chi connectivity index (χ1) is 8.69. The Kier molecular flexibility index (Phi) is 3.30. The molecular weight excluding hydrogens is 296 g/mol. The number of nitrogens with zero attached hydrogens (tertiary/aromatic N) is 2. The zero-order valence-corrected chi connectivity index (χ0v) is 12.1. The van der Waals surface area contributed by atoms with Crippen molar-refractivity contribution in [3.8, 4) is 0 Å². The topological polar surface area (TPSA) is 34.6 Å². The van der Waals surface area contributed by atoms with E-state index >= 15 is 0 Å². The molecule has 0 bridgehead atoms. The maximum absolute atomic E-state index is 5.74. The first-order valence-electron chi connectivity index (χ1n) is 6.34. The molecule has 3 rings (SSSR count). The summed E-state index contributed by atoms with van der Waals surface area (Å²) in [7, 11) is 0. The van der Waals surface area contributed by atoms with Crippen LogP contribution in [0.25, 0.3) is 0 Å². The van der Waals surface area contributed by atoms with Crippen LogP contribution >= 0.6 is 15.9 Å². The lowest BCUT2D eigenvalue weighted by Gasteiger charge is -2.38. The number of aryl methyl sites for hydroxylation is 1. The molecule has 0 radical (unpaired) electrons. The van der Waals surface area contributed by atoms with Gasteiger partial charge >= 0.3 is 0 Å². The van der Waals surface area contributed by atoms with Gasteiger partial charge in [-0.25, -0.2) is 4.98 Å². The van der Waals surface area contributed by atoms with Crippen molar-refractivity contribution in [2.75, 3.05) is 31.2 Å². The standard InChI is InChI=1S/C13H17BrN2O2/c1-10-8-11(14)9-15-12(10)16-4-2-13(3-5-16)17-6-7-18-13/h8-9H,2-7H2,1H3. The van der Waals surface area contributed by atoms with E-state index in [9.17, 15) is 0 Å². The van der Waals surface area contributed by atoms with Crippen molar-refractivity contribution in [2.24, 2.45) is 0 Å². The summed E-state index contributed by atoms with van der Waals surface area (Å²) in [4.78, 5) is 6.83. The second kappa shape index (κ2) is 4.79. The predicted molar refractivity (Wildman–Crippen MR) is 72.8 cm³/mol. The van der Waals surface area contributed by atoms with Gasteiger partial charge in [-0.1, -0.05) is 0 Å². The number of ether oxygens (including phenoxy) is 2. The molecule has 1 spiro atoms. The lowest BCUT2D eigenvalue weighted by Crippen LogP contribution is -2.45. The lowest BCUT2D eigenvalue weighted by atomic mass is 10.0. The molecule has 5 heteroatoms. The maximum Gasteiger partial charge on any atom is 0.171 e. The Balaban J connectivity index is 1.72. The molecule has 0 atom stereocenters. The largest absolute Gasteiger partial charge is 0.356 e. The van der Waals surface area contributed by atoms with E-state index < -0.39 is 0 Å². The van der Waals surface area contributed by atoms with Gasteiger partial charge in [-0.3, -0.25) is 0 Å². The number of aromatic nitrogens is 1. The number of hydrogen-bond acceptors (Lipinski definition) is 4. The number of rotatable bonds is 1. The van der Waals surface area contributed by atoms with Gasteiger partial charge in [0.25, 0.3) is 0 Å². The van der Waals surface area contributed by atoms with Crippen LogP contribution in [-0.4, -0.2) is 37.1 Å². The highest BCUT2D eigenvalue weighted by atomic mass is 79.9. The van der Waals surface area contributed by atoms with E-state index in [1.54, 1.807) is 0 Å². The number of hydrogen-bond donors (Lipinski definition) is 0. The lowest BCUT2D eigenvalue weighted by molar-refractivity contribution is -0.169. The molecule has 0 amide bonds. The fraction of sp³-hybridized carbons (Fsp3) is 0.615. The number of anilines is 1. The van der Waals surface area contributed by atoms with Crippen molar-refractivity contribution in [1.82, 2.24) is 4.98 Å². The Bertz CT molecular complexity index is 437. The van der Waals surface area contributed by atoms with Crippen molar-refractivity contribution >= 4 is 21.7 Å². The number of pyridine rings is 1. The van der Waals surface area contributed by atoms with E-state index in [1.807, 2.05) is 6.20 Å². The molecule has 1 aromatic heterocycles. The quantitative estimate of drug-likeness (QED) is 0.798. The van der Waals surface area contributed by atoms with Crippen LogP contribution in [0.3, 0.4) is 0 Å². The van der Waals surface area contributed by atoms with Crippen LogP contribution in [0.15, 0.2) is 16.7 Å². The zero-order valence-electron chi connectivity index (χ0n) is 10.5. The number of halogens is 1. The van der Waals surface area contributed by atoms with Crippen LogP contribution in [0, 0.1) is 6.92 Å². The molecule has 18 heavy (non-hydrogen) atoms. The van der Waals surface area contributed by atoms with Gasteiger partial charge in [0.05, 0.1) is 13.2 Å². The molecule has 0 unspecified atom stereocenters. The Labute approximate surface area is 115 Å². The van der Waals surface area contributed by atoms with Gasteiger partial charge < -0.3 is 14.4 Å². The van der Waals surface area contributed by atoms with Crippen molar-refractivity contribution in [3.05, 3.63) is 22.3 Å². The maximum atomic E-state index is 5.74. The van der Waals surface area contributed by atoms with E-state index in [-0.39, 0.29) is 5.79 Å². The highest BCUT2D eigenvalue weighted by molar-refractivity contribution is 9.10. The van der Waals surface area contributed by atoms with Crippen molar-refractivity contribution in [2.45, 2.75) is 25.6 Å². The summed E-state index contributed by atoms with van der Waals surface area (Å²) in [5.74, 6) is 0.769. The second-order valence-electron chi connectivity index (χ2n) is 4.89. The Morgan fingerprint density at radius 1 is 1.28 bits per heavy atom.